The van der Waals surface area contributed by atoms with Gasteiger partial charge >= 0.3 is 0 Å². The van der Waals surface area contributed by atoms with Crippen LogP contribution in [0.1, 0.15) is 10.0 Å². The lowest BCUT2D eigenvalue weighted by Gasteiger charge is -1.92. The normalized spacial score (nSPS) is 10.6. The third kappa shape index (κ3) is 3.61. The van der Waals surface area contributed by atoms with Crippen LogP contribution in [0.3, 0.4) is 0 Å². The molecule has 0 aliphatic heterocycles. The van der Waals surface area contributed by atoms with Gasteiger partial charge in [0.05, 0.1) is 12.8 Å². The maximum Gasteiger partial charge on any atom is 0.238 e. The summed E-state index contributed by atoms with van der Waals surface area (Å²) in [6.45, 7) is 0. The van der Waals surface area contributed by atoms with Gasteiger partial charge in [-0.05, 0) is 12.1 Å². The molecule has 0 radical (unpaired) electrons. The van der Waals surface area contributed by atoms with Crippen LogP contribution in [-0.4, -0.2) is 0 Å². The Morgan fingerprint density at radius 2 is 1.04 bits per heavy atom. The van der Waals surface area contributed by atoms with Crippen molar-refractivity contribution in [1.29, 1.82) is 0 Å². The van der Waals surface area contributed by atoms with Crippen LogP contribution in [0.2, 0.25) is 0 Å². The van der Waals surface area contributed by atoms with Gasteiger partial charge in [-0.25, -0.2) is 0 Å². The molecule has 0 N–H and O–H groups in total. The first-order chi connectivity index (χ1) is 10.7. The summed E-state index contributed by atoms with van der Waals surface area (Å²) in [5.41, 5.74) is 2.67. The Morgan fingerprint density at radius 3 is 1.42 bits per heavy atom. The Morgan fingerprint density at radius 1 is 0.667 bits per heavy atom. The van der Waals surface area contributed by atoms with E-state index in [9.17, 15) is 0 Å². The van der Waals surface area contributed by atoms with Gasteiger partial charge in [0.25, 0.3) is 0 Å². The molecule has 2 heterocycles. The van der Waals surface area contributed by atoms with Crippen LogP contribution in [-0.2, 0) is 26.9 Å². The number of aryl methyl sites for hydroxylation is 4. The Balaban J connectivity index is 0.00000104. The molecule has 6 heteroatoms. The van der Waals surface area contributed by atoms with Crippen molar-refractivity contribution in [3.05, 3.63) is 58.5 Å². The van der Waals surface area contributed by atoms with E-state index in [0.717, 1.165) is 12.8 Å². The lowest BCUT2D eigenvalue weighted by Crippen LogP contribution is -2.33. The van der Waals surface area contributed by atoms with Crippen LogP contribution >= 0.6 is 70.6 Å². The number of rotatable bonds is 3. The van der Waals surface area contributed by atoms with Crippen LogP contribution in [0.15, 0.2) is 48.5 Å². The van der Waals surface area contributed by atoms with Crippen molar-refractivity contribution < 1.29 is 9.13 Å². The van der Waals surface area contributed by atoms with E-state index in [1.165, 1.54) is 30.4 Å². The molecule has 0 bridgehead atoms. The molecule has 0 aliphatic rings. The zero-order valence-corrected chi connectivity index (χ0v) is 19.9. The van der Waals surface area contributed by atoms with Gasteiger partial charge in [0.2, 0.25) is 21.0 Å². The molecule has 4 aromatic rings. The minimum Gasteiger partial charge on any atom is -0.189 e. The first-order valence-corrected chi connectivity index (χ1v) is 9.10. The second-order valence-corrected chi connectivity index (χ2v) is 7.78. The van der Waals surface area contributed by atoms with Crippen LogP contribution in [0.5, 0.6) is 0 Å². The Labute approximate surface area is 184 Å². The topological polar surface area (TPSA) is 7.76 Å². The highest BCUT2D eigenvalue weighted by molar-refractivity contribution is 14.0. The molecule has 126 valence electrons. The van der Waals surface area contributed by atoms with E-state index < -0.39 is 0 Å². The van der Waals surface area contributed by atoms with Crippen LogP contribution in [0.25, 0.3) is 20.4 Å². The quantitative estimate of drug-likeness (QED) is 0.243. The SMILES string of the molecule is C[n+]1c(CCc2sc3ccccc3[n+]2C)sc2ccccc21.I.I. The molecule has 0 fully saturated rings. The minimum absolute atomic E-state index is 0. The van der Waals surface area contributed by atoms with E-state index in [2.05, 4.69) is 71.8 Å². The largest absolute Gasteiger partial charge is 0.238 e. The number of hydrogen-bond donors (Lipinski definition) is 0. The van der Waals surface area contributed by atoms with Crippen molar-refractivity contribution >= 4 is 91.1 Å². The first kappa shape index (κ1) is 20.0. The summed E-state index contributed by atoms with van der Waals surface area (Å²) in [6, 6.07) is 17.3. The third-order valence-electron chi connectivity index (χ3n) is 4.21. The van der Waals surface area contributed by atoms with Crippen molar-refractivity contribution in [3.8, 4) is 0 Å². The molecule has 2 aromatic carbocycles. The molecule has 0 amide bonds. The maximum absolute atomic E-state index is 2.34. The average molecular weight is 582 g/mol. The number of para-hydroxylation sites is 2. The highest BCUT2D eigenvalue weighted by Crippen LogP contribution is 2.23. The van der Waals surface area contributed by atoms with Gasteiger partial charge in [-0.1, -0.05) is 46.9 Å². The summed E-state index contributed by atoms with van der Waals surface area (Å²) in [6.07, 6.45) is 2.19. The van der Waals surface area contributed by atoms with E-state index in [0.29, 0.717) is 0 Å². The average Bonchev–Trinajstić information content (AvgIpc) is 3.04. The van der Waals surface area contributed by atoms with E-state index >= 15 is 0 Å². The summed E-state index contributed by atoms with van der Waals surface area (Å²) in [4.78, 5) is 0. The first-order valence-electron chi connectivity index (χ1n) is 7.47. The van der Waals surface area contributed by atoms with Gasteiger partial charge < -0.3 is 0 Å². The molecule has 0 aliphatic carbocycles. The molecule has 24 heavy (non-hydrogen) atoms. The number of nitrogens with zero attached hydrogens (tertiary/aromatic N) is 2. The fraction of sp³-hybridized carbons (Fsp3) is 0.222. The minimum atomic E-state index is 0. The standard InChI is InChI=1S/C18H18N2S2.2HI/c1-19-13-7-3-5-9-15(13)21-17(19)11-12-18-20(2)14-8-4-6-10-16(14)22-18;;/h3-10H,11-12H2,1-2H3;2*1H/q+2;;. The number of thiazole rings is 2. The van der Waals surface area contributed by atoms with Crippen molar-refractivity contribution in [2.45, 2.75) is 12.8 Å². The lowest BCUT2D eigenvalue weighted by atomic mass is 10.3. The van der Waals surface area contributed by atoms with Gasteiger partial charge in [0, 0.05) is 12.1 Å². The van der Waals surface area contributed by atoms with Gasteiger partial charge in [-0.15, -0.1) is 48.0 Å². The Bertz CT molecular complexity index is 896. The van der Waals surface area contributed by atoms with Gasteiger partial charge in [-0.2, -0.15) is 9.13 Å². The van der Waals surface area contributed by atoms with Crippen molar-refractivity contribution in [3.63, 3.8) is 0 Å². The monoisotopic (exact) mass is 582 g/mol. The molecular weight excluding hydrogens is 562 g/mol. The Kier molecular flexibility index (Phi) is 6.98. The molecule has 2 nitrogen and oxygen atoms in total. The second kappa shape index (κ2) is 8.37. The Hall–Kier alpha value is -0.320. The van der Waals surface area contributed by atoms with Crippen LogP contribution < -0.4 is 9.13 Å². The number of hydrogen-bond acceptors (Lipinski definition) is 2. The summed E-state index contributed by atoms with van der Waals surface area (Å²) < 4.78 is 7.43. The summed E-state index contributed by atoms with van der Waals surface area (Å²) >= 11 is 3.83. The molecule has 0 atom stereocenters. The third-order valence-corrected chi connectivity index (χ3v) is 6.77. The van der Waals surface area contributed by atoms with Gasteiger partial charge in [0.1, 0.15) is 23.5 Å². The predicted molar refractivity (Wildman–Crippen MR) is 124 cm³/mol. The molecular formula is C18H20I2N2S2+2. The molecule has 0 unspecified atom stereocenters. The van der Waals surface area contributed by atoms with Crippen molar-refractivity contribution in [1.82, 2.24) is 0 Å². The van der Waals surface area contributed by atoms with Gasteiger partial charge in [-0.3, -0.25) is 0 Å². The summed E-state index contributed by atoms with van der Waals surface area (Å²) in [5, 5.41) is 2.89. The smallest absolute Gasteiger partial charge is 0.189 e. The van der Waals surface area contributed by atoms with Crippen LogP contribution in [0, 0.1) is 0 Å². The fourth-order valence-corrected chi connectivity index (χ4v) is 5.25. The van der Waals surface area contributed by atoms with E-state index in [1.807, 2.05) is 22.7 Å². The van der Waals surface area contributed by atoms with Gasteiger partial charge in [0.15, 0.2) is 0 Å². The van der Waals surface area contributed by atoms with E-state index in [4.69, 9.17) is 0 Å². The number of halogens is 2. The molecule has 0 spiro atoms. The highest BCUT2D eigenvalue weighted by atomic mass is 127. The zero-order chi connectivity index (χ0) is 15.1. The maximum atomic E-state index is 2.34. The summed E-state index contributed by atoms with van der Waals surface area (Å²) in [5.74, 6) is 0. The van der Waals surface area contributed by atoms with E-state index in [-0.39, 0.29) is 48.0 Å². The zero-order valence-electron chi connectivity index (χ0n) is 13.6. The fourth-order valence-electron chi connectivity index (χ4n) is 2.95. The molecule has 0 saturated carbocycles. The van der Waals surface area contributed by atoms with Crippen LogP contribution in [0.4, 0.5) is 0 Å². The second-order valence-electron chi connectivity index (χ2n) is 5.55. The molecule has 2 aromatic heterocycles. The molecule has 0 saturated heterocycles. The summed E-state index contributed by atoms with van der Waals surface area (Å²) in [7, 11) is 4.36. The van der Waals surface area contributed by atoms with E-state index in [1.54, 1.807) is 0 Å². The predicted octanol–water partition coefficient (Wildman–Crippen LogP) is 4.79. The highest BCUT2D eigenvalue weighted by Gasteiger charge is 2.20. The lowest BCUT2D eigenvalue weighted by molar-refractivity contribution is -0.652. The number of aromatic nitrogens is 2. The number of fused-ring (bicyclic) bond motifs is 2. The van der Waals surface area contributed by atoms with Crippen molar-refractivity contribution in [2.24, 2.45) is 14.1 Å². The van der Waals surface area contributed by atoms with Crippen molar-refractivity contribution in [2.75, 3.05) is 0 Å². The number of benzene rings is 2. The molecule has 4 rings (SSSR count).